The van der Waals surface area contributed by atoms with E-state index in [2.05, 4.69) is 54.3 Å². The molecule has 3 rings (SSSR count). The number of rotatable bonds is 2. The second-order valence-corrected chi connectivity index (χ2v) is 6.20. The molecule has 1 aromatic heterocycles. The zero-order valence-electron chi connectivity index (χ0n) is 12.6. The lowest BCUT2D eigenvalue weighted by atomic mass is 9.87. The minimum atomic E-state index is 0.132. The molecule has 3 aromatic rings. The van der Waals surface area contributed by atoms with Crippen LogP contribution in [0.15, 0.2) is 54.7 Å². The molecule has 0 aliphatic carbocycles. The highest BCUT2D eigenvalue weighted by atomic mass is 15.0. The third-order valence-corrected chi connectivity index (χ3v) is 3.45. The van der Waals surface area contributed by atoms with Crippen LogP contribution in [0.3, 0.4) is 0 Å². The number of aromatic nitrogens is 2. The van der Waals surface area contributed by atoms with E-state index in [1.54, 1.807) is 6.20 Å². The topological polar surface area (TPSA) is 37.8 Å². The first-order valence-electron chi connectivity index (χ1n) is 7.12. The first kappa shape index (κ1) is 13.6. The number of hydrogen-bond donors (Lipinski definition) is 1. The van der Waals surface area contributed by atoms with Gasteiger partial charge in [-0.05, 0) is 35.2 Å². The Morgan fingerprint density at radius 3 is 2.43 bits per heavy atom. The molecule has 0 unspecified atom stereocenters. The van der Waals surface area contributed by atoms with Crippen LogP contribution in [0.25, 0.3) is 11.0 Å². The Hall–Kier alpha value is -2.42. The number of nitrogens with zero attached hydrogens (tertiary/aromatic N) is 2. The molecule has 3 nitrogen and oxygen atoms in total. The van der Waals surface area contributed by atoms with Gasteiger partial charge in [0, 0.05) is 5.69 Å². The second kappa shape index (κ2) is 5.17. The smallest absolute Gasteiger partial charge is 0.149 e. The summed E-state index contributed by atoms with van der Waals surface area (Å²) >= 11 is 0. The van der Waals surface area contributed by atoms with Crippen LogP contribution in [-0.4, -0.2) is 9.97 Å². The maximum atomic E-state index is 4.59. The molecule has 3 heteroatoms. The van der Waals surface area contributed by atoms with Gasteiger partial charge >= 0.3 is 0 Å². The van der Waals surface area contributed by atoms with E-state index in [0.29, 0.717) is 0 Å². The molecule has 0 radical (unpaired) electrons. The highest BCUT2D eigenvalue weighted by molar-refractivity contribution is 5.76. The summed E-state index contributed by atoms with van der Waals surface area (Å²) in [6.07, 6.45) is 1.77. The minimum Gasteiger partial charge on any atom is -0.339 e. The van der Waals surface area contributed by atoms with Crippen LogP contribution < -0.4 is 5.32 Å². The van der Waals surface area contributed by atoms with Crippen molar-refractivity contribution in [2.75, 3.05) is 5.32 Å². The van der Waals surface area contributed by atoms with E-state index in [1.807, 2.05) is 30.3 Å². The fraction of sp³-hybridized carbons (Fsp3) is 0.222. The Balaban J connectivity index is 1.91. The molecule has 1 N–H and O–H groups in total. The molecule has 2 aromatic carbocycles. The number of hydrogen-bond acceptors (Lipinski definition) is 3. The van der Waals surface area contributed by atoms with Crippen molar-refractivity contribution in [1.82, 2.24) is 9.97 Å². The molecule has 0 aliphatic heterocycles. The van der Waals surface area contributed by atoms with Crippen molar-refractivity contribution in [2.24, 2.45) is 0 Å². The quantitative estimate of drug-likeness (QED) is 0.739. The van der Waals surface area contributed by atoms with Crippen LogP contribution in [0.1, 0.15) is 26.3 Å². The van der Waals surface area contributed by atoms with Crippen molar-refractivity contribution in [1.29, 1.82) is 0 Å². The first-order chi connectivity index (χ1) is 10.0. The van der Waals surface area contributed by atoms with E-state index in [9.17, 15) is 0 Å². The van der Waals surface area contributed by atoms with Gasteiger partial charge in [0.2, 0.25) is 0 Å². The molecule has 0 spiro atoms. The maximum Gasteiger partial charge on any atom is 0.149 e. The Morgan fingerprint density at radius 1 is 0.905 bits per heavy atom. The maximum absolute atomic E-state index is 4.59. The number of fused-ring (bicyclic) bond motifs is 1. The van der Waals surface area contributed by atoms with Gasteiger partial charge in [0.1, 0.15) is 5.82 Å². The summed E-state index contributed by atoms with van der Waals surface area (Å²) in [6, 6.07) is 16.3. The molecule has 0 saturated heterocycles. The largest absolute Gasteiger partial charge is 0.339 e. The summed E-state index contributed by atoms with van der Waals surface area (Å²) in [5.41, 5.74) is 4.27. The van der Waals surface area contributed by atoms with Crippen LogP contribution in [0.2, 0.25) is 0 Å². The van der Waals surface area contributed by atoms with Gasteiger partial charge in [0.15, 0.2) is 0 Å². The summed E-state index contributed by atoms with van der Waals surface area (Å²) in [5, 5.41) is 3.33. The van der Waals surface area contributed by atoms with Crippen LogP contribution in [0.5, 0.6) is 0 Å². The van der Waals surface area contributed by atoms with Gasteiger partial charge in [-0.15, -0.1) is 0 Å². The van der Waals surface area contributed by atoms with Crippen molar-refractivity contribution < 1.29 is 0 Å². The van der Waals surface area contributed by atoms with E-state index in [-0.39, 0.29) is 5.41 Å². The Morgan fingerprint density at radius 2 is 1.67 bits per heavy atom. The monoisotopic (exact) mass is 277 g/mol. The predicted molar refractivity (Wildman–Crippen MR) is 88.0 cm³/mol. The van der Waals surface area contributed by atoms with E-state index in [1.165, 1.54) is 5.56 Å². The summed E-state index contributed by atoms with van der Waals surface area (Å²) in [4.78, 5) is 9.01. The molecule has 0 saturated carbocycles. The number of benzene rings is 2. The average Bonchev–Trinajstić information content (AvgIpc) is 2.46. The normalized spacial score (nSPS) is 11.6. The van der Waals surface area contributed by atoms with Gasteiger partial charge in [-0.2, -0.15) is 0 Å². The third kappa shape index (κ3) is 3.02. The van der Waals surface area contributed by atoms with Crippen LogP contribution in [-0.2, 0) is 5.41 Å². The average molecular weight is 277 g/mol. The van der Waals surface area contributed by atoms with E-state index in [0.717, 1.165) is 22.5 Å². The Bertz CT molecular complexity index is 773. The van der Waals surface area contributed by atoms with Gasteiger partial charge in [0.05, 0.1) is 17.2 Å². The van der Waals surface area contributed by atoms with Crippen molar-refractivity contribution in [3.8, 4) is 0 Å². The predicted octanol–water partition coefficient (Wildman–Crippen LogP) is 4.67. The summed E-state index contributed by atoms with van der Waals surface area (Å²) in [7, 11) is 0. The molecule has 21 heavy (non-hydrogen) atoms. The molecular weight excluding hydrogens is 258 g/mol. The molecule has 1 heterocycles. The lowest BCUT2D eigenvalue weighted by Crippen LogP contribution is -2.11. The molecule has 0 fully saturated rings. The van der Waals surface area contributed by atoms with Crippen LogP contribution >= 0.6 is 0 Å². The molecule has 0 aliphatic rings. The van der Waals surface area contributed by atoms with Gasteiger partial charge in [-0.3, -0.25) is 4.98 Å². The first-order valence-corrected chi connectivity index (χ1v) is 7.12. The number of nitrogens with one attached hydrogen (secondary N) is 1. The van der Waals surface area contributed by atoms with Gasteiger partial charge in [-0.25, -0.2) is 4.98 Å². The van der Waals surface area contributed by atoms with Crippen LogP contribution in [0, 0.1) is 0 Å². The number of anilines is 2. The highest BCUT2D eigenvalue weighted by Crippen LogP contribution is 2.26. The van der Waals surface area contributed by atoms with Crippen molar-refractivity contribution >= 4 is 22.5 Å². The van der Waals surface area contributed by atoms with Crippen LogP contribution in [0.4, 0.5) is 11.5 Å². The highest BCUT2D eigenvalue weighted by Gasteiger charge is 2.13. The van der Waals surface area contributed by atoms with Crippen molar-refractivity contribution in [3.05, 3.63) is 60.3 Å². The SMILES string of the molecule is CC(C)(C)c1cccc(Nc2cnc3ccccc3n2)c1. The fourth-order valence-electron chi connectivity index (χ4n) is 2.23. The molecule has 0 atom stereocenters. The third-order valence-electron chi connectivity index (χ3n) is 3.45. The fourth-order valence-corrected chi connectivity index (χ4v) is 2.23. The molecule has 106 valence electrons. The Labute approximate surface area is 125 Å². The van der Waals surface area contributed by atoms with E-state index in [4.69, 9.17) is 0 Å². The van der Waals surface area contributed by atoms with Crippen molar-refractivity contribution in [2.45, 2.75) is 26.2 Å². The second-order valence-electron chi connectivity index (χ2n) is 6.20. The number of para-hydroxylation sites is 2. The zero-order chi connectivity index (χ0) is 14.9. The molecule has 0 amide bonds. The molecular formula is C18H19N3. The van der Waals surface area contributed by atoms with Crippen molar-refractivity contribution in [3.63, 3.8) is 0 Å². The standard InChI is InChI=1S/C18H19N3/c1-18(2,3)13-7-6-8-14(11-13)20-17-12-19-15-9-4-5-10-16(15)21-17/h4-12H,1-3H3,(H,20,21). The summed E-state index contributed by atoms with van der Waals surface area (Å²) < 4.78 is 0. The van der Waals surface area contributed by atoms with E-state index < -0.39 is 0 Å². The van der Waals surface area contributed by atoms with Gasteiger partial charge < -0.3 is 5.32 Å². The van der Waals surface area contributed by atoms with Gasteiger partial charge in [0.25, 0.3) is 0 Å². The minimum absolute atomic E-state index is 0.132. The van der Waals surface area contributed by atoms with E-state index >= 15 is 0 Å². The summed E-state index contributed by atoms with van der Waals surface area (Å²) in [5.74, 6) is 0.764. The zero-order valence-corrected chi connectivity index (χ0v) is 12.6. The van der Waals surface area contributed by atoms with Gasteiger partial charge in [-0.1, -0.05) is 45.0 Å². The lowest BCUT2D eigenvalue weighted by molar-refractivity contribution is 0.590. The Kier molecular flexibility index (Phi) is 3.34. The molecule has 0 bridgehead atoms. The summed E-state index contributed by atoms with van der Waals surface area (Å²) in [6.45, 7) is 6.63. The lowest BCUT2D eigenvalue weighted by Gasteiger charge is -2.20.